The number of aryl methyl sites for hydroxylation is 1. The van der Waals surface area contributed by atoms with Crippen molar-refractivity contribution in [3.05, 3.63) is 92.3 Å². The number of rotatable bonds is 23. The second kappa shape index (κ2) is 21.0. The van der Waals surface area contributed by atoms with Gasteiger partial charge in [0.1, 0.15) is 17.8 Å². The molecule has 0 bridgehead atoms. The lowest BCUT2D eigenvalue weighted by atomic mass is 9.78. The number of aliphatic hydroxyl groups excluding tert-OH is 2. The molecule has 4 atom stereocenters. The van der Waals surface area contributed by atoms with Gasteiger partial charge in [-0.1, -0.05) is 165 Å². The largest absolute Gasteiger partial charge is 0.394 e. The molecule has 0 unspecified atom stereocenters. The van der Waals surface area contributed by atoms with Crippen molar-refractivity contribution in [1.82, 2.24) is 9.55 Å². The lowest BCUT2D eigenvalue weighted by molar-refractivity contribution is -0.152. The predicted molar refractivity (Wildman–Crippen MR) is 209 cm³/mol. The average Bonchev–Trinajstić information content (AvgIpc) is 3.42. The Morgan fingerprint density at radius 1 is 0.788 bits per heavy atom. The van der Waals surface area contributed by atoms with Gasteiger partial charge in [0.05, 0.1) is 13.2 Å². The van der Waals surface area contributed by atoms with Crippen molar-refractivity contribution < 1.29 is 19.7 Å². The fraction of sp³-hybridized carbons (Fsp3) is 0.636. The molecule has 5 rings (SSSR count). The molecular weight excluding hydrogens is 652 g/mol. The van der Waals surface area contributed by atoms with Crippen LogP contribution in [0.3, 0.4) is 0 Å². The number of ether oxygens (including phenoxy) is 2. The van der Waals surface area contributed by atoms with Crippen molar-refractivity contribution in [2.75, 3.05) is 6.61 Å². The highest BCUT2D eigenvalue weighted by Crippen LogP contribution is 2.47. The third-order valence-corrected chi connectivity index (χ3v) is 11.4. The van der Waals surface area contributed by atoms with Gasteiger partial charge in [0.25, 0.3) is 5.56 Å². The van der Waals surface area contributed by atoms with E-state index in [0.717, 1.165) is 39.7 Å². The van der Waals surface area contributed by atoms with Crippen molar-refractivity contribution in [3.8, 4) is 11.1 Å². The van der Waals surface area contributed by atoms with Crippen LogP contribution in [0.15, 0.2) is 64.3 Å². The number of nitrogens with one attached hydrogen (secondary N) is 1. The van der Waals surface area contributed by atoms with E-state index >= 15 is 0 Å². The number of aromatic amines is 1. The highest BCUT2D eigenvalue weighted by molar-refractivity contribution is 5.70. The Kier molecular flexibility index (Phi) is 16.2. The Balaban J connectivity index is 1.07. The number of aliphatic hydroxyl groups is 2. The molecule has 0 aliphatic carbocycles. The van der Waals surface area contributed by atoms with Crippen molar-refractivity contribution in [2.24, 2.45) is 0 Å². The smallest absolute Gasteiger partial charge is 0.330 e. The first-order valence-electron chi connectivity index (χ1n) is 20.6. The first kappa shape index (κ1) is 40.2. The number of H-pyrrole nitrogens is 1. The fourth-order valence-electron chi connectivity index (χ4n) is 8.33. The maximum atomic E-state index is 12.6. The molecule has 3 heterocycles. The first-order valence-corrected chi connectivity index (χ1v) is 20.6. The van der Waals surface area contributed by atoms with Gasteiger partial charge >= 0.3 is 5.69 Å². The molecule has 0 amide bonds. The minimum Gasteiger partial charge on any atom is -0.394 e. The second-order valence-corrected chi connectivity index (χ2v) is 15.3. The molecule has 1 saturated heterocycles. The zero-order chi connectivity index (χ0) is 36.6. The molecular formula is C44H64N2O6. The van der Waals surface area contributed by atoms with Gasteiger partial charge in [-0.25, -0.2) is 4.79 Å². The molecule has 2 aliphatic rings. The standard InChI is InChI=1S/C44H64N2O6/c1-2-3-4-5-6-7-8-9-10-11-12-13-14-15-16-17-18-19-21-24-34-29-36-33-51-44(31-38(36)37(30-34)35-25-22-20-23-26-35)39(32-47)52-42(41(44)49)46-28-27-40(48)45-43(46)50/h20,22-23,25-30,39,41-42,47,49H,2-19,21,24,31-33H2,1H3,(H,45,48,50)/t39-,41+,42-,44-/m1/s1. The van der Waals surface area contributed by atoms with E-state index in [9.17, 15) is 19.8 Å². The highest BCUT2D eigenvalue weighted by atomic mass is 16.6. The molecule has 0 radical (unpaired) electrons. The summed E-state index contributed by atoms with van der Waals surface area (Å²) in [6.07, 6.45) is 25.4. The normalized spacial score (nSPS) is 21.2. The molecule has 1 fully saturated rings. The van der Waals surface area contributed by atoms with Crippen LogP contribution < -0.4 is 11.2 Å². The van der Waals surface area contributed by atoms with Crippen LogP contribution in [0.25, 0.3) is 11.1 Å². The van der Waals surface area contributed by atoms with Crippen molar-refractivity contribution in [2.45, 2.75) is 172 Å². The van der Waals surface area contributed by atoms with Crippen LogP contribution in [0.4, 0.5) is 0 Å². The average molecular weight is 717 g/mol. The molecule has 2 aliphatic heterocycles. The Morgan fingerprint density at radius 2 is 1.37 bits per heavy atom. The van der Waals surface area contributed by atoms with Gasteiger partial charge in [-0.2, -0.15) is 0 Å². The summed E-state index contributed by atoms with van der Waals surface area (Å²) in [5, 5.41) is 22.0. The SMILES string of the molecule is CCCCCCCCCCCCCCCCCCCCCc1cc2c(c(-c3ccccc3)c1)C[C@@]1(OC2)[C@@H](CO)O[C@@H](n2ccc(=O)[nH]c2=O)[C@@H]1O. The number of nitrogens with zero attached hydrogens (tertiary/aromatic N) is 1. The van der Waals surface area contributed by atoms with Gasteiger partial charge in [-0.3, -0.25) is 14.3 Å². The Labute approximate surface area is 311 Å². The van der Waals surface area contributed by atoms with Crippen molar-refractivity contribution in [1.29, 1.82) is 0 Å². The van der Waals surface area contributed by atoms with Crippen LogP contribution in [0.2, 0.25) is 0 Å². The number of aromatic nitrogens is 2. The zero-order valence-corrected chi connectivity index (χ0v) is 31.7. The molecule has 8 heteroatoms. The summed E-state index contributed by atoms with van der Waals surface area (Å²) >= 11 is 0. The van der Waals surface area contributed by atoms with Crippen LogP contribution in [0.1, 0.15) is 152 Å². The molecule has 0 saturated carbocycles. The van der Waals surface area contributed by atoms with E-state index in [1.807, 2.05) is 18.2 Å². The molecule has 1 spiro atoms. The quantitative estimate of drug-likeness (QED) is 0.0845. The second-order valence-electron chi connectivity index (χ2n) is 15.3. The van der Waals surface area contributed by atoms with Gasteiger partial charge < -0.3 is 19.7 Å². The van der Waals surface area contributed by atoms with Crippen LogP contribution in [0.5, 0.6) is 0 Å². The fourth-order valence-corrected chi connectivity index (χ4v) is 8.33. The van der Waals surface area contributed by atoms with Gasteiger partial charge in [0, 0.05) is 18.7 Å². The van der Waals surface area contributed by atoms with Crippen LogP contribution >= 0.6 is 0 Å². The minimum atomic E-state index is -1.26. The maximum absolute atomic E-state index is 12.6. The van der Waals surface area contributed by atoms with Crippen molar-refractivity contribution in [3.63, 3.8) is 0 Å². The molecule has 1 aromatic heterocycles. The number of benzene rings is 2. The first-order chi connectivity index (χ1) is 25.5. The number of fused-ring (bicyclic) bond motifs is 1. The summed E-state index contributed by atoms with van der Waals surface area (Å²) in [5.41, 5.74) is 3.12. The molecule has 8 nitrogen and oxygen atoms in total. The van der Waals surface area contributed by atoms with Gasteiger partial charge in [-0.15, -0.1) is 0 Å². The minimum absolute atomic E-state index is 0.256. The van der Waals surface area contributed by atoms with Gasteiger partial charge in [0.2, 0.25) is 0 Å². The topological polar surface area (TPSA) is 114 Å². The van der Waals surface area contributed by atoms with Gasteiger partial charge in [0.15, 0.2) is 6.23 Å². The molecule has 3 aromatic rings. The van der Waals surface area contributed by atoms with E-state index in [4.69, 9.17) is 9.47 Å². The third-order valence-electron chi connectivity index (χ3n) is 11.4. The predicted octanol–water partition coefficient (Wildman–Crippen LogP) is 8.94. The molecule has 2 aromatic carbocycles. The van der Waals surface area contributed by atoms with E-state index in [-0.39, 0.29) is 13.2 Å². The van der Waals surface area contributed by atoms with E-state index in [1.165, 1.54) is 133 Å². The number of hydrogen-bond acceptors (Lipinski definition) is 6. The summed E-state index contributed by atoms with van der Waals surface area (Å²) < 4.78 is 13.7. The van der Waals surface area contributed by atoms with E-state index in [0.29, 0.717) is 6.42 Å². The summed E-state index contributed by atoms with van der Waals surface area (Å²) in [5.74, 6) is 0. The van der Waals surface area contributed by atoms with Crippen molar-refractivity contribution >= 4 is 0 Å². The van der Waals surface area contributed by atoms with E-state index in [1.54, 1.807) is 0 Å². The summed E-state index contributed by atoms with van der Waals surface area (Å²) in [7, 11) is 0. The van der Waals surface area contributed by atoms with Crippen LogP contribution in [-0.4, -0.2) is 44.2 Å². The maximum Gasteiger partial charge on any atom is 0.330 e. The summed E-state index contributed by atoms with van der Waals surface area (Å²) in [4.78, 5) is 26.5. The van der Waals surface area contributed by atoms with E-state index in [2.05, 4.69) is 36.2 Å². The lowest BCUT2D eigenvalue weighted by Crippen LogP contribution is -2.55. The third kappa shape index (κ3) is 10.8. The zero-order valence-electron chi connectivity index (χ0n) is 31.7. The number of hydrogen-bond donors (Lipinski definition) is 3. The van der Waals surface area contributed by atoms with Crippen LogP contribution in [0, 0.1) is 0 Å². The van der Waals surface area contributed by atoms with Crippen LogP contribution in [-0.2, 0) is 28.9 Å². The Hall–Kier alpha value is -3.04. The summed E-state index contributed by atoms with van der Waals surface area (Å²) in [6.45, 7) is 2.15. The lowest BCUT2D eigenvalue weighted by Gasteiger charge is -2.41. The molecule has 3 N–H and O–H groups in total. The molecule has 286 valence electrons. The monoisotopic (exact) mass is 716 g/mol. The number of unbranched alkanes of at least 4 members (excludes halogenated alkanes) is 18. The van der Waals surface area contributed by atoms with Gasteiger partial charge in [-0.05, 0) is 40.7 Å². The summed E-state index contributed by atoms with van der Waals surface area (Å²) in [6, 6.07) is 16.0. The molecule has 52 heavy (non-hydrogen) atoms. The highest BCUT2D eigenvalue weighted by Gasteiger charge is 2.59. The Morgan fingerprint density at radius 3 is 1.92 bits per heavy atom. The van der Waals surface area contributed by atoms with E-state index < -0.39 is 35.3 Å². The Bertz CT molecular complexity index is 1600.